The van der Waals surface area contributed by atoms with Crippen molar-refractivity contribution in [2.75, 3.05) is 0 Å². The SMILES string of the molecule is CC1(C)c2ccccc2-c2cc(-c3ccc(-c4cc(-c5cc(-c6ccccc6)cc(-c6ccccc6)c5)nc(-c5ccccc5)n4)c4ccccc34)ccc21. The molecule has 0 amide bonds. The van der Waals surface area contributed by atoms with Crippen molar-refractivity contribution in [1.82, 2.24) is 9.97 Å². The van der Waals surface area contributed by atoms with Crippen molar-refractivity contribution in [2.24, 2.45) is 0 Å². The molecule has 1 heterocycles. The van der Waals surface area contributed by atoms with Crippen molar-refractivity contribution < 1.29 is 0 Å². The molecule has 10 rings (SSSR count). The van der Waals surface area contributed by atoms with E-state index in [2.05, 4.69) is 202 Å². The zero-order valence-corrected chi connectivity index (χ0v) is 30.9. The third kappa shape index (κ3) is 5.75. The van der Waals surface area contributed by atoms with Crippen molar-refractivity contribution in [2.45, 2.75) is 19.3 Å². The van der Waals surface area contributed by atoms with Crippen molar-refractivity contribution in [1.29, 1.82) is 0 Å². The first-order chi connectivity index (χ1) is 27.0. The largest absolute Gasteiger partial charge is 0.228 e. The molecular weight excluding hydrogens is 665 g/mol. The highest BCUT2D eigenvalue weighted by Crippen LogP contribution is 2.50. The first-order valence-electron chi connectivity index (χ1n) is 19.0. The Morgan fingerprint density at radius 2 is 0.818 bits per heavy atom. The van der Waals surface area contributed by atoms with Gasteiger partial charge in [-0.3, -0.25) is 0 Å². The summed E-state index contributed by atoms with van der Waals surface area (Å²) in [7, 11) is 0. The summed E-state index contributed by atoms with van der Waals surface area (Å²) < 4.78 is 0. The van der Waals surface area contributed by atoms with Crippen molar-refractivity contribution in [3.63, 3.8) is 0 Å². The fourth-order valence-corrected chi connectivity index (χ4v) is 8.48. The number of aromatic nitrogens is 2. The maximum atomic E-state index is 5.29. The number of nitrogens with zero attached hydrogens (tertiary/aromatic N) is 2. The number of hydrogen-bond acceptors (Lipinski definition) is 2. The minimum Gasteiger partial charge on any atom is -0.228 e. The second-order valence-electron chi connectivity index (χ2n) is 15.0. The predicted octanol–water partition coefficient (Wildman–Crippen LogP) is 13.9. The van der Waals surface area contributed by atoms with Crippen LogP contribution in [0.4, 0.5) is 0 Å². The van der Waals surface area contributed by atoms with Gasteiger partial charge in [-0.25, -0.2) is 9.97 Å². The number of fused-ring (bicyclic) bond motifs is 4. The molecule has 0 unspecified atom stereocenters. The Morgan fingerprint density at radius 1 is 0.309 bits per heavy atom. The molecule has 1 aliphatic carbocycles. The fourth-order valence-electron chi connectivity index (χ4n) is 8.48. The van der Waals surface area contributed by atoms with Gasteiger partial charge >= 0.3 is 0 Å². The third-order valence-corrected chi connectivity index (χ3v) is 11.3. The molecule has 260 valence electrons. The van der Waals surface area contributed by atoms with Crippen LogP contribution < -0.4 is 0 Å². The second-order valence-corrected chi connectivity index (χ2v) is 15.0. The summed E-state index contributed by atoms with van der Waals surface area (Å²) in [4.78, 5) is 10.6. The molecule has 0 atom stereocenters. The average molecular weight is 703 g/mol. The minimum atomic E-state index is -0.0277. The van der Waals surface area contributed by atoms with Crippen LogP contribution in [0.15, 0.2) is 194 Å². The standard InChI is InChI=1S/C53H38N2/c1-53(2)48-25-15-14-24-45(48)47-33-38(26-29-49(47)53)42-27-28-46(44-23-13-12-22-43(42)44)51-34-50(54-52(55-51)37-20-10-5-11-21-37)41-31-39(35-16-6-3-7-17-35)30-40(32-41)36-18-8-4-9-19-36/h3-34H,1-2H3. The highest BCUT2D eigenvalue weighted by atomic mass is 14.9. The number of hydrogen-bond donors (Lipinski definition) is 0. The number of rotatable bonds is 6. The van der Waals surface area contributed by atoms with Gasteiger partial charge in [-0.15, -0.1) is 0 Å². The molecule has 0 fully saturated rings. The van der Waals surface area contributed by atoms with Gasteiger partial charge in [0.2, 0.25) is 0 Å². The molecule has 0 saturated heterocycles. The Balaban J connectivity index is 1.16. The van der Waals surface area contributed by atoms with Crippen LogP contribution in [0, 0.1) is 0 Å². The summed E-state index contributed by atoms with van der Waals surface area (Å²) in [5.41, 5.74) is 17.3. The highest BCUT2D eigenvalue weighted by Gasteiger charge is 2.35. The number of benzene rings is 8. The van der Waals surface area contributed by atoms with Gasteiger partial charge in [0.15, 0.2) is 5.82 Å². The molecule has 1 aliphatic rings. The average Bonchev–Trinajstić information content (AvgIpc) is 3.49. The van der Waals surface area contributed by atoms with Gasteiger partial charge in [-0.05, 0) is 96.7 Å². The lowest BCUT2D eigenvalue weighted by atomic mass is 9.82. The van der Waals surface area contributed by atoms with E-state index in [4.69, 9.17) is 9.97 Å². The van der Waals surface area contributed by atoms with Gasteiger partial charge in [0, 0.05) is 22.1 Å². The van der Waals surface area contributed by atoms with E-state index in [-0.39, 0.29) is 5.41 Å². The van der Waals surface area contributed by atoms with E-state index in [9.17, 15) is 0 Å². The van der Waals surface area contributed by atoms with E-state index < -0.39 is 0 Å². The van der Waals surface area contributed by atoms with Crippen LogP contribution in [0.1, 0.15) is 25.0 Å². The molecule has 0 spiro atoms. The van der Waals surface area contributed by atoms with Crippen LogP contribution in [0.3, 0.4) is 0 Å². The summed E-state index contributed by atoms with van der Waals surface area (Å²) in [6.07, 6.45) is 0. The van der Waals surface area contributed by atoms with E-state index in [1.807, 2.05) is 6.07 Å². The molecule has 0 radical (unpaired) electrons. The van der Waals surface area contributed by atoms with Gasteiger partial charge in [0.1, 0.15) is 0 Å². The van der Waals surface area contributed by atoms with Crippen molar-refractivity contribution in [3.8, 4) is 78.4 Å². The van der Waals surface area contributed by atoms with E-state index in [1.165, 1.54) is 49.9 Å². The van der Waals surface area contributed by atoms with E-state index >= 15 is 0 Å². The van der Waals surface area contributed by atoms with Gasteiger partial charge in [-0.2, -0.15) is 0 Å². The zero-order chi connectivity index (χ0) is 36.9. The van der Waals surface area contributed by atoms with Crippen LogP contribution in [-0.4, -0.2) is 9.97 Å². The Morgan fingerprint density at radius 3 is 1.49 bits per heavy atom. The molecule has 0 aliphatic heterocycles. The maximum Gasteiger partial charge on any atom is 0.160 e. The molecule has 0 bridgehead atoms. The Hall–Kier alpha value is -6.90. The predicted molar refractivity (Wildman–Crippen MR) is 230 cm³/mol. The van der Waals surface area contributed by atoms with Crippen LogP contribution in [0.2, 0.25) is 0 Å². The summed E-state index contributed by atoms with van der Waals surface area (Å²) in [6.45, 7) is 4.67. The van der Waals surface area contributed by atoms with E-state index in [0.29, 0.717) is 5.82 Å². The quantitative estimate of drug-likeness (QED) is 0.172. The van der Waals surface area contributed by atoms with Crippen LogP contribution in [0.5, 0.6) is 0 Å². The van der Waals surface area contributed by atoms with Gasteiger partial charge in [0.05, 0.1) is 11.4 Å². The van der Waals surface area contributed by atoms with Crippen molar-refractivity contribution in [3.05, 3.63) is 205 Å². The summed E-state index contributed by atoms with van der Waals surface area (Å²) in [5, 5.41) is 2.36. The van der Waals surface area contributed by atoms with Gasteiger partial charge in [0.25, 0.3) is 0 Å². The first kappa shape index (κ1) is 32.7. The fraction of sp³-hybridized carbons (Fsp3) is 0.0566. The molecule has 0 saturated carbocycles. The minimum absolute atomic E-state index is 0.0277. The lowest BCUT2D eigenvalue weighted by molar-refractivity contribution is 0.660. The monoisotopic (exact) mass is 702 g/mol. The van der Waals surface area contributed by atoms with E-state index in [0.717, 1.165) is 44.6 Å². The Bertz CT molecular complexity index is 2820. The normalized spacial score (nSPS) is 12.7. The molecule has 2 heteroatoms. The Labute approximate surface area is 322 Å². The lowest BCUT2D eigenvalue weighted by Gasteiger charge is -2.21. The molecule has 0 N–H and O–H groups in total. The topological polar surface area (TPSA) is 25.8 Å². The van der Waals surface area contributed by atoms with Crippen molar-refractivity contribution >= 4 is 10.8 Å². The second kappa shape index (κ2) is 13.2. The summed E-state index contributed by atoms with van der Waals surface area (Å²) in [5.74, 6) is 0.701. The maximum absolute atomic E-state index is 5.29. The summed E-state index contributed by atoms with van der Waals surface area (Å²) in [6, 6.07) is 69.6. The highest BCUT2D eigenvalue weighted by molar-refractivity contribution is 6.05. The van der Waals surface area contributed by atoms with Crippen LogP contribution in [0.25, 0.3) is 89.2 Å². The van der Waals surface area contributed by atoms with Crippen LogP contribution >= 0.6 is 0 Å². The van der Waals surface area contributed by atoms with Gasteiger partial charge < -0.3 is 0 Å². The molecule has 2 nitrogen and oxygen atoms in total. The smallest absolute Gasteiger partial charge is 0.160 e. The molecule has 1 aromatic heterocycles. The molecular formula is C53H38N2. The Kier molecular flexibility index (Phi) is 7.85. The first-order valence-corrected chi connectivity index (χ1v) is 19.0. The molecule has 8 aromatic carbocycles. The zero-order valence-electron chi connectivity index (χ0n) is 30.9. The van der Waals surface area contributed by atoms with E-state index in [1.54, 1.807) is 0 Å². The molecule has 9 aromatic rings. The lowest BCUT2D eigenvalue weighted by Crippen LogP contribution is -2.14. The third-order valence-electron chi connectivity index (χ3n) is 11.3. The van der Waals surface area contributed by atoms with Gasteiger partial charge in [-0.1, -0.05) is 178 Å². The molecule has 55 heavy (non-hydrogen) atoms. The summed E-state index contributed by atoms with van der Waals surface area (Å²) >= 11 is 0. The van der Waals surface area contributed by atoms with Crippen LogP contribution in [-0.2, 0) is 5.41 Å².